The summed E-state index contributed by atoms with van der Waals surface area (Å²) in [5.41, 5.74) is 5.18. The zero-order valence-corrected chi connectivity index (χ0v) is 21.5. The van der Waals surface area contributed by atoms with Gasteiger partial charge in [0.1, 0.15) is 11.6 Å². The Hall–Kier alpha value is -2.52. The number of hydrogen-bond donors (Lipinski definition) is 3. The standard InChI is InChI=1S/C26H36N4O4.ClH/c1-26(2,34-3)25(33)30(24(32)21-10-6-14-28-21)22(23(31)29-15-7-13-27)17-18-11-12-19-8-4-5-9-20(19)16-18;/h4-5,8-9,11-12,16,21-22,28H,6-7,10,13-15,17,27H2,1-3H3,(H,29,31);1H/t21-,22+;/m0./s1. The molecule has 2 atom stereocenters. The molecular formula is C26H37ClN4O4. The van der Waals surface area contributed by atoms with E-state index in [1.807, 2.05) is 42.5 Å². The zero-order chi connectivity index (χ0) is 24.7. The quantitative estimate of drug-likeness (QED) is 0.427. The molecule has 2 aromatic rings. The van der Waals surface area contributed by atoms with E-state index in [2.05, 4.69) is 10.6 Å². The number of amides is 3. The van der Waals surface area contributed by atoms with Gasteiger partial charge in [-0.05, 0) is 62.5 Å². The van der Waals surface area contributed by atoms with Crippen LogP contribution in [0.1, 0.15) is 38.7 Å². The number of nitrogens with two attached hydrogens (primary N) is 1. The molecule has 4 N–H and O–H groups in total. The molecule has 1 aliphatic rings. The molecular weight excluding hydrogens is 468 g/mol. The fourth-order valence-corrected chi connectivity index (χ4v) is 4.16. The molecule has 192 valence electrons. The van der Waals surface area contributed by atoms with E-state index >= 15 is 0 Å². The number of imide groups is 1. The molecule has 3 amide bonds. The van der Waals surface area contributed by atoms with Crippen LogP contribution < -0.4 is 16.4 Å². The van der Waals surface area contributed by atoms with Crippen molar-refractivity contribution < 1.29 is 19.1 Å². The Balaban J connectivity index is 0.00000432. The Kier molecular flexibility index (Phi) is 10.6. The molecule has 0 aromatic heterocycles. The molecule has 3 rings (SSSR count). The summed E-state index contributed by atoms with van der Waals surface area (Å²) in [5.74, 6) is -1.31. The number of rotatable bonds is 10. The third kappa shape index (κ3) is 7.01. The van der Waals surface area contributed by atoms with Gasteiger partial charge in [0.25, 0.3) is 5.91 Å². The normalized spacial score (nSPS) is 16.4. The van der Waals surface area contributed by atoms with Crippen LogP contribution in [-0.2, 0) is 25.5 Å². The maximum absolute atomic E-state index is 13.6. The third-order valence-corrected chi connectivity index (χ3v) is 6.38. The van der Waals surface area contributed by atoms with Gasteiger partial charge in [0, 0.05) is 20.1 Å². The van der Waals surface area contributed by atoms with Crippen molar-refractivity contribution in [3.8, 4) is 0 Å². The molecule has 1 heterocycles. The second-order valence-electron chi connectivity index (χ2n) is 9.21. The Bertz CT molecular complexity index is 1020. The lowest BCUT2D eigenvalue weighted by atomic mass is 9.97. The van der Waals surface area contributed by atoms with Gasteiger partial charge in [-0.25, -0.2) is 0 Å². The molecule has 0 bridgehead atoms. The molecule has 1 fully saturated rings. The van der Waals surface area contributed by atoms with Gasteiger partial charge in [0.05, 0.1) is 6.04 Å². The predicted molar refractivity (Wildman–Crippen MR) is 139 cm³/mol. The van der Waals surface area contributed by atoms with Crippen LogP contribution in [0.15, 0.2) is 42.5 Å². The van der Waals surface area contributed by atoms with Crippen LogP contribution in [0.3, 0.4) is 0 Å². The molecule has 2 aromatic carbocycles. The number of methoxy groups -OCH3 is 1. The molecule has 35 heavy (non-hydrogen) atoms. The summed E-state index contributed by atoms with van der Waals surface area (Å²) in [6.07, 6.45) is 2.25. The first kappa shape index (κ1) is 28.7. The molecule has 1 aliphatic heterocycles. The first-order valence-corrected chi connectivity index (χ1v) is 11.9. The van der Waals surface area contributed by atoms with Gasteiger partial charge < -0.3 is 21.1 Å². The Morgan fingerprint density at radius 1 is 1.20 bits per heavy atom. The third-order valence-electron chi connectivity index (χ3n) is 6.38. The topological polar surface area (TPSA) is 114 Å². The van der Waals surface area contributed by atoms with Crippen molar-refractivity contribution >= 4 is 40.9 Å². The molecule has 0 aliphatic carbocycles. The smallest absolute Gasteiger partial charge is 0.261 e. The van der Waals surface area contributed by atoms with Crippen LogP contribution in [0.5, 0.6) is 0 Å². The first-order valence-electron chi connectivity index (χ1n) is 11.9. The molecule has 0 saturated carbocycles. The van der Waals surface area contributed by atoms with Gasteiger partial charge in [-0.3, -0.25) is 19.3 Å². The molecule has 1 saturated heterocycles. The number of benzene rings is 2. The summed E-state index contributed by atoms with van der Waals surface area (Å²) in [4.78, 5) is 41.8. The lowest BCUT2D eigenvalue weighted by molar-refractivity contribution is -0.164. The number of hydrogen-bond acceptors (Lipinski definition) is 6. The van der Waals surface area contributed by atoms with Gasteiger partial charge in [0.15, 0.2) is 0 Å². The van der Waals surface area contributed by atoms with Crippen LogP contribution in [0.25, 0.3) is 10.8 Å². The van der Waals surface area contributed by atoms with E-state index < -0.39 is 29.5 Å². The molecule has 0 unspecified atom stereocenters. The number of carbonyl (C=O) groups is 3. The summed E-state index contributed by atoms with van der Waals surface area (Å²) in [5, 5.41) is 8.14. The average molecular weight is 505 g/mol. The van der Waals surface area contributed by atoms with Crippen molar-refractivity contribution in [1.82, 2.24) is 15.5 Å². The second-order valence-corrected chi connectivity index (χ2v) is 9.21. The fourth-order valence-electron chi connectivity index (χ4n) is 4.16. The Morgan fingerprint density at radius 2 is 1.91 bits per heavy atom. The Morgan fingerprint density at radius 3 is 2.54 bits per heavy atom. The predicted octanol–water partition coefficient (Wildman–Crippen LogP) is 2.17. The van der Waals surface area contributed by atoms with Crippen LogP contribution >= 0.6 is 12.4 Å². The summed E-state index contributed by atoms with van der Waals surface area (Å²) in [7, 11) is 1.42. The minimum atomic E-state index is -1.27. The maximum atomic E-state index is 13.6. The molecule has 8 nitrogen and oxygen atoms in total. The molecule has 0 radical (unpaired) electrons. The highest BCUT2D eigenvalue weighted by Gasteiger charge is 2.44. The maximum Gasteiger partial charge on any atom is 0.261 e. The zero-order valence-electron chi connectivity index (χ0n) is 20.7. The van der Waals surface area contributed by atoms with Crippen LogP contribution in [-0.4, -0.2) is 67.1 Å². The van der Waals surface area contributed by atoms with Crippen LogP contribution in [0.2, 0.25) is 0 Å². The van der Waals surface area contributed by atoms with Crippen molar-refractivity contribution in [3.63, 3.8) is 0 Å². The lowest BCUT2D eigenvalue weighted by Crippen LogP contribution is -2.61. The van der Waals surface area contributed by atoms with Crippen LogP contribution in [0.4, 0.5) is 0 Å². The summed E-state index contributed by atoms with van der Waals surface area (Å²) in [6, 6.07) is 12.3. The summed E-state index contributed by atoms with van der Waals surface area (Å²) < 4.78 is 5.42. The van der Waals surface area contributed by atoms with E-state index in [4.69, 9.17) is 10.5 Å². The second kappa shape index (κ2) is 13.0. The highest BCUT2D eigenvalue weighted by atomic mass is 35.5. The number of carbonyl (C=O) groups excluding carboxylic acids is 3. The van der Waals surface area contributed by atoms with Gasteiger partial charge in [-0.15, -0.1) is 12.4 Å². The number of halogens is 1. The highest BCUT2D eigenvalue weighted by molar-refractivity contribution is 6.05. The SMILES string of the molecule is COC(C)(C)C(=O)N(C(=O)[C@@H]1CCCN1)[C@H](Cc1ccc2ccccc2c1)C(=O)NCCCN.Cl. The van der Waals surface area contributed by atoms with E-state index in [1.54, 1.807) is 13.8 Å². The van der Waals surface area contributed by atoms with Gasteiger partial charge >= 0.3 is 0 Å². The monoisotopic (exact) mass is 504 g/mol. The van der Waals surface area contributed by atoms with E-state index in [1.165, 1.54) is 7.11 Å². The van der Waals surface area contributed by atoms with Crippen LogP contribution in [0, 0.1) is 0 Å². The summed E-state index contributed by atoms with van der Waals surface area (Å²) >= 11 is 0. The van der Waals surface area contributed by atoms with E-state index in [-0.39, 0.29) is 24.7 Å². The summed E-state index contributed by atoms with van der Waals surface area (Å²) in [6.45, 7) is 4.72. The van der Waals surface area contributed by atoms with Gasteiger partial charge in [0.2, 0.25) is 11.8 Å². The van der Waals surface area contributed by atoms with Gasteiger partial charge in [-0.2, -0.15) is 0 Å². The largest absolute Gasteiger partial charge is 0.369 e. The van der Waals surface area contributed by atoms with Crippen molar-refractivity contribution in [2.24, 2.45) is 5.73 Å². The minimum Gasteiger partial charge on any atom is -0.369 e. The van der Waals surface area contributed by atoms with Crippen molar-refractivity contribution in [2.45, 2.75) is 57.2 Å². The molecule has 9 heteroatoms. The number of fused-ring (bicyclic) bond motifs is 1. The number of nitrogens with one attached hydrogen (secondary N) is 2. The number of ether oxygens (including phenoxy) is 1. The van der Waals surface area contributed by atoms with Crippen molar-refractivity contribution in [1.29, 1.82) is 0 Å². The van der Waals surface area contributed by atoms with E-state index in [0.29, 0.717) is 32.5 Å². The Labute approximate surface area is 213 Å². The first-order chi connectivity index (χ1) is 16.3. The minimum absolute atomic E-state index is 0. The van der Waals surface area contributed by atoms with Crippen molar-refractivity contribution in [3.05, 3.63) is 48.0 Å². The highest BCUT2D eigenvalue weighted by Crippen LogP contribution is 2.23. The fraction of sp³-hybridized carbons (Fsp3) is 0.500. The van der Waals surface area contributed by atoms with E-state index in [0.717, 1.165) is 27.7 Å². The van der Waals surface area contributed by atoms with Gasteiger partial charge in [-0.1, -0.05) is 42.5 Å². The lowest BCUT2D eigenvalue weighted by Gasteiger charge is -2.36. The average Bonchev–Trinajstić information content (AvgIpc) is 3.38. The van der Waals surface area contributed by atoms with E-state index in [9.17, 15) is 14.4 Å². The molecule has 0 spiro atoms. The van der Waals surface area contributed by atoms with Crippen molar-refractivity contribution in [2.75, 3.05) is 26.7 Å². The number of nitrogens with zero attached hydrogens (tertiary/aromatic N) is 1.